The molecule has 36 heavy (non-hydrogen) atoms. The van der Waals surface area contributed by atoms with Crippen molar-refractivity contribution in [3.05, 3.63) is 119 Å². The van der Waals surface area contributed by atoms with Gasteiger partial charge in [-0.05, 0) is 52.6 Å². The fourth-order valence-corrected chi connectivity index (χ4v) is 4.65. The van der Waals surface area contributed by atoms with Crippen LogP contribution in [-0.2, 0) is 13.1 Å². The monoisotopic (exact) mass is 475 g/mol. The van der Waals surface area contributed by atoms with Gasteiger partial charge in [-0.15, -0.1) is 0 Å². The van der Waals surface area contributed by atoms with Gasteiger partial charge in [0.05, 0.1) is 18.2 Å². The number of allylic oxidation sites excluding steroid dienone is 1. The minimum absolute atomic E-state index is 0.104. The van der Waals surface area contributed by atoms with Crippen LogP contribution in [0.3, 0.4) is 0 Å². The SMILES string of the molecule is COc1ccc(CN2COc3ccc4c(c3C2)O/C(=C\c2ccc(-c3ccccc3)cc2)C4=O)cc1. The topological polar surface area (TPSA) is 48.0 Å². The van der Waals surface area contributed by atoms with E-state index in [-0.39, 0.29) is 5.78 Å². The molecule has 2 aliphatic rings. The average molecular weight is 476 g/mol. The van der Waals surface area contributed by atoms with Crippen molar-refractivity contribution in [2.45, 2.75) is 13.1 Å². The summed E-state index contributed by atoms with van der Waals surface area (Å²) in [7, 11) is 1.66. The van der Waals surface area contributed by atoms with Crippen LogP contribution >= 0.6 is 0 Å². The summed E-state index contributed by atoms with van der Waals surface area (Å²) in [5.74, 6) is 2.42. The molecule has 0 saturated carbocycles. The summed E-state index contributed by atoms with van der Waals surface area (Å²) < 4.78 is 17.4. The Morgan fingerprint density at radius 3 is 2.39 bits per heavy atom. The molecule has 4 aromatic rings. The van der Waals surface area contributed by atoms with Gasteiger partial charge in [-0.3, -0.25) is 9.69 Å². The van der Waals surface area contributed by atoms with Crippen LogP contribution in [0.2, 0.25) is 0 Å². The summed E-state index contributed by atoms with van der Waals surface area (Å²) in [6.45, 7) is 1.83. The second-order valence-electron chi connectivity index (χ2n) is 8.96. The minimum atomic E-state index is -0.104. The highest BCUT2D eigenvalue weighted by Gasteiger charge is 2.33. The van der Waals surface area contributed by atoms with Crippen molar-refractivity contribution in [2.24, 2.45) is 0 Å². The summed E-state index contributed by atoms with van der Waals surface area (Å²) in [5.41, 5.74) is 5.84. The van der Waals surface area contributed by atoms with E-state index in [4.69, 9.17) is 14.2 Å². The van der Waals surface area contributed by atoms with Crippen LogP contribution in [0.1, 0.15) is 27.0 Å². The predicted molar refractivity (Wildman–Crippen MR) is 139 cm³/mol. The van der Waals surface area contributed by atoms with Crippen molar-refractivity contribution in [3.63, 3.8) is 0 Å². The number of benzene rings is 4. The smallest absolute Gasteiger partial charge is 0.231 e. The van der Waals surface area contributed by atoms with Gasteiger partial charge >= 0.3 is 0 Å². The molecule has 0 bridgehead atoms. The van der Waals surface area contributed by atoms with Crippen molar-refractivity contribution in [2.75, 3.05) is 13.8 Å². The van der Waals surface area contributed by atoms with E-state index in [0.29, 0.717) is 30.3 Å². The Morgan fingerprint density at radius 2 is 1.64 bits per heavy atom. The highest BCUT2D eigenvalue weighted by atomic mass is 16.5. The van der Waals surface area contributed by atoms with E-state index in [1.165, 1.54) is 0 Å². The Balaban J connectivity index is 1.22. The van der Waals surface area contributed by atoms with E-state index in [9.17, 15) is 4.79 Å². The maximum atomic E-state index is 13.1. The summed E-state index contributed by atoms with van der Waals surface area (Å²) in [6, 6.07) is 30.0. The van der Waals surface area contributed by atoms with Crippen molar-refractivity contribution in [3.8, 4) is 28.4 Å². The highest BCUT2D eigenvalue weighted by molar-refractivity contribution is 6.15. The number of carbonyl (C=O) groups is 1. The molecule has 0 fully saturated rings. The first-order valence-electron chi connectivity index (χ1n) is 11.9. The molecular formula is C31H25NO4. The molecule has 0 unspecified atom stereocenters. The van der Waals surface area contributed by atoms with E-state index in [1.54, 1.807) is 13.2 Å². The normalized spacial score (nSPS) is 15.7. The zero-order valence-electron chi connectivity index (χ0n) is 19.9. The predicted octanol–water partition coefficient (Wildman–Crippen LogP) is 6.33. The van der Waals surface area contributed by atoms with E-state index >= 15 is 0 Å². The van der Waals surface area contributed by atoms with Gasteiger partial charge in [0.15, 0.2) is 5.76 Å². The summed E-state index contributed by atoms with van der Waals surface area (Å²) in [5, 5.41) is 0. The second-order valence-corrected chi connectivity index (χ2v) is 8.96. The van der Waals surface area contributed by atoms with Crippen molar-refractivity contribution >= 4 is 11.9 Å². The number of hydrogen-bond acceptors (Lipinski definition) is 5. The second kappa shape index (κ2) is 9.36. The number of Topliss-reactive ketones (excluding diaryl/α,β-unsaturated/α-hetero) is 1. The molecule has 0 spiro atoms. The molecule has 0 aromatic heterocycles. The standard InChI is InChI=1S/C31H25NO4/c1-34-25-13-9-22(10-14-25)18-32-19-27-28(35-20-32)16-15-26-30(33)29(36-31(26)27)17-21-7-11-24(12-8-21)23-5-3-2-4-6-23/h2-17H,18-20H2,1H3/b29-17-. The first-order valence-corrected chi connectivity index (χ1v) is 11.9. The number of carbonyl (C=O) groups excluding carboxylic acids is 1. The Hall–Kier alpha value is -4.35. The zero-order chi connectivity index (χ0) is 24.5. The number of nitrogens with zero attached hydrogens (tertiary/aromatic N) is 1. The molecule has 2 heterocycles. The number of fused-ring (bicyclic) bond motifs is 3. The lowest BCUT2D eigenvalue weighted by molar-refractivity contribution is 0.0872. The fraction of sp³-hybridized carbons (Fsp3) is 0.129. The summed E-state index contributed by atoms with van der Waals surface area (Å²) in [6.07, 6.45) is 1.81. The molecule has 0 N–H and O–H groups in total. The van der Waals surface area contributed by atoms with Crippen molar-refractivity contribution in [1.29, 1.82) is 0 Å². The molecule has 0 amide bonds. The quantitative estimate of drug-likeness (QED) is 0.316. The lowest BCUT2D eigenvalue weighted by Crippen LogP contribution is -2.31. The number of methoxy groups -OCH3 is 1. The van der Waals surface area contributed by atoms with Gasteiger partial charge in [0, 0.05) is 13.1 Å². The van der Waals surface area contributed by atoms with Gasteiger partial charge in [-0.2, -0.15) is 0 Å². The number of ketones is 1. The number of rotatable bonds is 5. The average Bonchev–Trinajstić information content (AvgIpc) is 3.25. The molecule has 5 nitrogen and oxygen atoms in total. The molecular weight excluding hydrogens is 450 g/mol. The van der Waals surface area contributed by atoms with Gasteiger partial charge < -0.3 is 14.2 Å². The molecule has 4 aromatic carbocycles. The molecule has 2 aliphatic heterocycles. The molecule has 0 radical (unpaired) electrons. The third-order valence-corrected chi connectivity index (χ3v) is 6.56. The lowest BCUT2D eigenvalue weighted by atomic mass is 10.0. The molecule has 0 saturated heterocycles. The van der Waals surface area contributed by atoms with Crippen molar-refractivity contribution in [1.82, 2.24) is 4.90 Å². The van der Waals surface area contributed by atoms with Gasteiger partial charge in [-0.1, -0.05) is 66.7 Å². The number of ether oxygens (including phenoxy) is 3. The van der Waals surface area contributed by atoms with Gasteiger partial charge in [-0.25, -0.2) is 0 Å². The van der Waals surface area contributed by atoms with E-state index in [2.05, 4.69) is 29.2 Å². The van der Waals surface area contributed by atoms with Crippen LogP contribution in [0.15, 0.2) is 96.8 Å². The van der Waals surface area contributed by atoms with E-state index in [1.807, 2.05) is 66.7 Å². The Morgan fingerprint density at radius 1 is 0.889 bits per heavy atom. The van der Waals surface area contributed by atoms with Crippen LogP contribution in [0.5, 0.6) is 17.2 Å². The van der Waals surface area contributed by atoms with Gasteiger partial charge in [0.25, 0.3) is 0 Å². The van der Waals surface area contributed by atoms with Crippen LogP contribution in [0.25, 0.3) is 17.2 Å². The molecule has 5 heteroatoms. The first kappa shape index (κ1) is 22.1. The summed E-state index contributed by atoms with van der Waals surface area (Å²) in [4.78, 5) is 15.3. The minimum Gasteiger partial charge on any atom is -0.497 e. The van der Waals surface area contributed by atoms with Gasteiger partial charge in [0.2, 0.25) is 5.78 Å². The first-order chi connectivity index (χ1) is 17.7. The summed E-state index contributed by atoms with van der Waals surface area (Å²) >= 11 is 0. The molecule has 6 rings (SSSR count). The Kier molecular flexibility index (Phi) is 5.76. The van der Waals surface area contributed by atoms with Crippen molar-refractivity contribution < 1.29 is 19.0 Å². The lowest BCUT2D eigenvalue weighted by Gasteiger charge is -2.29. The van der Waals surface area contributed by atoms with Crippen LogP contribution in [-0.4, -0.2) is 24.5 Å². The zero-order valence-corrected chi connectivity index (χ0v) is 19.9. The molecule has 178 valence electrons. The Bertz CT molecular complexity index is 1440. The Labute approximate surface area is 210 Å². The third-order valence-electron chi connectivity index (χ3n) is 6.56. The van der Waals surface area contributed by atoms with Crippen LogP contribution in [0.4, 0.5) is 0 Å². The third kappa shape index (κ3) is 4.25. The maximum Gasteiger partial charge on any atom is 0.231 e. The van der Waals surface area contributed by atoms with Crippen LogP contribution in [0, 0.1) is 0 Å². The van der Waals surface area contributed by atoms with E-state index in [0.717, 1.165) is 45.9 Å². The molecule has 0 aliphatic carbocycles. The fourth-order valence-electron chi connectivity index (χ4n) is 4.65. The number of hydrogen-bond donors (Lipinski definition) is 0. The highest BCUT2D eigenvalue weighted by Crippen LogP contribution is 2.42. The van der Waals surface area contributed by atoms with E-state index < -0.39 is 0 Å². The van der Waals surface area contributed by atoms with Gasteiger partial charge in [0.1, 0.15) is 24.0 Å². The van der Waals surface area contributed by atoms with Crippen LogP contribution < -0.4 is 14.2 Å². The molecule has 0 atom stereocenters. The largest absolute Gasteiger partial charge is 0.497 e. The maximum absolute atomic E-state index is 13.1.